The molecule has 3 aromatic rings. The normalized spacial score (nSPS) is 15.3. The molecule has 1 amide bonds. The largest absolute Gasteiger partial charge is 0.390 e. The van der Waals surface area contributed by atoms with Crippen LogP contribution in [0, 0.1) is 11.6 Å². The van der Waals surface area contributed by atoms with Crippen LogP contribution in [0.25, 0.3) is 0 Å². The summed E-state index contributed by atoms with van der Waals surface area (Å²) in [7, 11) is 0. The zero-order chi connectivity index (χ0) is 21.8. The third-order valence-corrected chi connectivity index (χ3v) is 5.35. The lowest BCUT2D eigenvalue weighted by molar-refractivity contribution is 0.0402. The highest BCUT2D eigenvalue weighted by atomic mass is 35.5. The van der Waals surface area contributed by atoms with Crippen LogP contribution in [0.1, 0.15) is 27.9 Å². The number of amides is 1. The number of halogens is 3. The molecule has 0 N–H and O–H groups in total. The molecule has 0 saturated heterocycles. The Morgan fingerprint density at radius 3 is 2.48 bits per heavy atom. The minimum Gasteiger partial charge on any atom is -0.390 e. The second-order valence-corrected chi connectivity index (χ2v) is 7.65. The van der Waals surface area contributed by atoms with Crippen molar-refractivity contribution < 1.29 is 18.4 Å². The molecule has 1 aliphatic rings. The molecule has 3 aromatic carbocycles. The average Bonchev–Trinajstić information content (AvgIpc) is 3.23. The molecule has 158 valence electrons. The van der Waals surface area contributed by atoms with Crippen LogP contribution in [0.15, 0.2) is 78.0 Å². The van der Waals surface area contributed by atoms with E-state index >= 15 is 0 Å². The van der Waals surface area contributed by atoms with Gasteiger partial charge < -0.3 is 9.74 Å². The first-order valence-electron chi connectivity index (χ1n) is 9.77. The Kier molecular flexibility index (Phi) is 6.28. The summed E-state index contributed by atoms with van der Waals surface area (Å²) in [6, 6.07) is 19.0. The number of oxime groups is 1. The van der Waals surface area contributed by atoms with Crippen molar-refractivity contribution in [1.29, 1.82) is 0 Å². The number of rotatable bonds is 6. The van der Waals surface area contributed by atoms with Gasteiger partial charge in [-0.2, -0.15) is 0 Å². The summed E-state index contributed by atoms with van der Waals surface area (Å²) in [4.78, 5) is 20.2. The molecular formula is C24H19ClF2N2O2. The van der Waals surface area contributed by atoms with Gasteiger partial charge in [0.25, 0.3) is 5.91 Å². The molecule has 0 fully saturated rings. The van der Waals surface area contributed by atoms with Crippen molar-refractivity contribution in [3.63, 3.8) is 0 Å². The van der Waals surface area contributed by atoms with E-state index in [0.717, 1.165) is 11.1 Å². The van der Waals surface area contributed by atoms with Crippen molar-refractivity contribution >= 4 is 23.2 Å². The zero-order valence-corrected chi connectivity index (χ0v) is 17.2. The van der Waals surface area contributed by atoms with E-state index in [2.05, 4.69) is 5.16 Å². The van der Waals surface area contributed by atoms with Gasteiger partial charge in [-0.15, -0.1) is 0 Å². The maximum atomic E-state index is 14.3. The lowest BCUT2D eigenvalue weighted by atomic mass is 10.0. The van der Waals surface area contributed by atoms with Crippen molar-refractivity contribution in [3.8, 4) is 0 Å². The molecule has 4 rings (SSSR count). The van der Waals surface area contributed by atoms with Gasteiger partial charge in [-0.3, -0.25) is 4.79 Å². The van der Waals surface area contributed by atoms with Gasteiger partial charge in [-0.05, 0) is 35.9 Å². The summed E-state index contributed by atoms with van der Waals surface area (Å²) >= 11 is 6.25. The molecular weight excluding hydrogens is 422 g/mol. The molecule has 7 heteroatoms. The molecule has 0 spiro atoms. The lowest BCUT2D eigenvalue weighted by Crippen LogP contribution is -2.37. The quantitative estimate of drug-likeness (QED) is 0.511. The summed E-state index contributed by atoms with van der Waals surface area (Å²) in [6.45, 7) is 0.358. The van der Waals surface area contributed by atoms with E-state index in [0.29, 0.717) is 17.2 Å². The van der Waals surface area contributed by atoms with E-state index in [-0.39, 0.29) is 24.5 Å². The second kappa shape index (κ2) is 9.27. The average molecular weight is 441 g/mol. The first-order chi connectivity index (χ1) is 15.0. The molecule has 1 atom stereocenters. The SMILES string of the molecule is O=C(c1ccccc1F)N(Cc1ccc(F)cc1)CC1CC(c2ccccc2Cl)=NO1. The molecule has 1 unspecified atom stereocenters. The van der Waals surface area contributed by atoms with Crippen molar-refractivity contribution in [2.24, 2.45) is 5.16 Å². The number of carbonyl (C=O) groups is 1. The first-order valence-corrected chi connectivity index (χ1v) is 10.1. The van der Waals surface area contributed by atoms with E-state index in [9.17, 15) is 13.6 Å². The highest BCUT2D eigenvalue weighted by Crippen LogP contribution is 2.24. The molecule has 31 heavy (non-hydrogen) atoms. The Morgan fingerprint density at radius 1 is 1.03 bits per heavy atom. The fourth-order valence-corrected chi connectivity index (χ4v) is 3.71. The standard InChI is InChI=1S/C24H19ClF2N2O2/c25-21-7-3-1-5-19(21)23-13-18(31-28-23)15-29(14-16-9-11-17(26)12-10-16)24(30)20-6-2-4-8-22(20)27/h1-12,18H,13-15H2. The first kappa shape index (κ1) is 21.0. The highest BCUT2D eigenvalue weighted by Gasteiger charge is 2.29. The zero-order valence-electron chi connectivity index (χ0n) is 16.5. The Hall–Kier alpha value is -3.25. The van der Waals surface area contributed by atoms with Crippen LogP contribution in [0.3, 0.4) is 0 Å². The van der Waals surface area contributed by atoms with Gasteiger partial charge in [0.1, 0.15) is 11.6 Å². The number of nitrogens with zero attached hydrogens (tertiary/aromatic N) is 2. The van der Waals surface area contributed by atoms with Crippen molar-refractivity contribution in [2.75, 3.05) is 6.54 Å². The Morgan fingerprint density at radius 2 is 1.74 bits per heavy atom. The third-order valence-electron chi connectivity index (χ3n) is 5.02. The maximum Gasteiger partial charge on any atom is 0.257 e. The summed E-state index contributed by atoms with van der Waals surface area (Å²) in [5.41, 5.74) is 2.15. The van der Waals surface area contributed by atoms with Crippen LogP contribution in [0.4, 0.5) is 8.78 Å². The van der Waals surface area contributed by atoms with Crippen molar-refractivity contribution in [2.45, 2.75) is 19.1 Å². The molecule has 0 bridgehead atoms. The van der Waals surface area contributed by atoms with Crippen LogP contribution >= 0.6 is 11.6 Å². The minimum absolute atomic E-state index is 0.0325. The summed E-state index contributed by atoms with van der Waals surface area (Å²) < 4.78 is 27.6. The Balaban J connectivity index is 1.53. The van der Waals surface area contributed by atoms with Gasteiger partial charge in [0.05, 0.1) is 17.8 Å². The molecule has 4 nitrogen and oxygen atoms in total. The van der Waals surface area contributed by atoms with E-state index in [1.807, 2.05) is 18.2 Å². The van der Waals surface area contributed by atoms with E-state index in [1.54, 1.807) is 24.3 Å². The van der Waals surface area contributed by atoms with Crippen LogP contribution in [0.2, 0.25) is 5.02 Å². The fraction of sp³-hybridized carbons (Fsp3) is 0.167. The maximum absolute atomic E-state index is 14.3. The van der Waals surface area contributed by atoms with Crippen LogP contribution in [-0.2, 0) is 11.4 Å². The predicted octanol–water partition coefficient (Wildman–Crippen LogP) is 5.45. The van der Waals surface area contributed by atoms with Gasteiger partial charge in [-0.25, -0.2) is 8.78 Å². The molecule has 0 radical (unpaired) electrons. The summed E-state index contributed by atoms with van der Waals surface area (Å²) in [5, 5.41) is 4.71. The Labute approximate surface area is 183 Å². The number of benzene rings is 3. The van der Waals surface area contributed by atoms with Crippen molar-refractivity contribution in [3.05, 3.63) is 106 Å². The smallest absolute Gasteiger partial charge is 0.257 e. The second-order valence-electron chi connectivity index (χ2n) is 7.24. The number of hydrogen-bond acceptors (Lipinski definition) is 3. The van der Waals surface area contributed by atoms with Crippen LogP contribution in [-0.4, -0.2) is 29.2 Å². The lowest BCUT2D eigenvalue weighted by Gasteiger charge is -2.25. The van der Waals surface area contributed by atoms with Crippen LogP contribution < -0.4 is 0 Å². The van der Waals surface area contributed by atoms with Crippen molar-refractivity contribution in [1.82, 2.24) is 4.90 Å². The van der Waals surface area contributed by atoms with E-state index < -0.39 is 17.8 Å². The minimum atomic E-state index is -0.600. The predicted molar refractivity (Wildman–Crippen MR) is 115 cm³/mol. The van der Waals surface area contributed by atoms with Gasteiger partial charge in [-0.1, -0.05) is 59.2 Å². The highest BCUT2D eigenvalue weighted by molar-refractivity contribution is 6.34. The molecule has 1 aliphatic heterocycles. The summed E-state index contributed by atoms with van der Waals surface area (Å²) in [6.07, 6.45) is 0.0382. The molecule has 1 heterocycles. The van der Waals surface area contributed by atoms with E-state index in [4.69, 9.17) is 16.4 Å². The van der Waals surface area contributed by atoms with Gasteiger partial charge in [0, 0.05) is 23.6 Å². The number of hydrogen-bond donors (Lipinski definition) is 0. The van der Waals surface area contributed by atoms with Gasteiger partial charge in [0.2, 0.25) is 0 Å². The summed E-state index contributed by atoms with van der Waals surface area (Å²) in [5.74, 6) is -1.44. The van der Waals surface area contributed by atoms with Crippen LogP contribution in [0.5, 0.6) is 0 Å². The molecule has 0 aromatic heterocycles. The fourth-order valence-electron chi connectivity index (χ4n) is 3.46. The van der Waals surface area contributed by atoms with Gasteiger partial charge in [0.15, 0.2) is 6.10 Å². The topological polar surface area (TPSA) is 41.9 Å². The van der Waals surface area contributed by atoms with Gasteiger partial charge >= 0.3 is 0 Å². The third kappa shape index (κ3) is 4.91. The molecule has 0 aliphatic carbocycles. The van der Waals surface area contributed by atoms with E-state index in [1.165, 1.54) is 35.2 Å². The number of carbonyl (C=O) groups excluding carboxylic acids is 1. The monoisotopic (exact) mass is 440 g/mol. The Bertz CT molecular complexity index is 1120. The molecule has 0 saturated carbocycles.